The van der Waals surface area contributed by atoms with Gasteiger partial charge in [0.2, 0.25) is 0 Å². The molecule has 1 N–H and O–H groups in total. The Kier molecular flexibility index (Phi) is 4.88. The summed E-state index contributed by atoms with van der Waals surface area (Å²) in [5.41, 5.74) is 0.561. The Morgan fingerprint density at radius 3 is 2.40 bits per heavy atom. The number of benzene rings is 2. The summed E-state index contributed by atoms with van der Waals surface area (Å²) in [6.45, 7) is 1.67. The maximum Gasteiger partial charge on any atom is 0.265 e. The molecule has 0 saturated heterocycles. The average Bonchev–Trinajstić information content (AvgIpc) is 2.44. The molecule has 0 aliphatic carbocycles. The highest BCUT2D eigenvalue weighted by atomic mass is 35.5. The van der Waals surface area contributed by atoms with Crippen molar-refractivity contribution in [3.63, 3.8) is 0 Å². The maximum absolute atomic E-state index is 12.0. The number of nitrogens with one attached hydrogen (secondary N) is 1. The second-order valence-corrected chi connectivity index (χ2v) is 5.03. The van der Waals surface area contributed by atoms with E-state index in [1.165, 1.54) is 0 Å². The zero-order valence-electron chi connectivity index (χ0n) is 10.8. The van der Waals surface area contributed by atoms with Gasteiger partial charge in [0.05, 0.1) is 10.7 Å². The van der Waals surface area contributed by atoms with Crippen molar-refractivity contribution >= 4 is 34.8 Å². The summed E-state index contributed by atoms with van der Waals surface area (Å²) in [6.07, 6.45) is -0.646. The standard InChI is InChI=1S/C15H13Cl2NO2/c1-10(20-12-8-6-11(16)7-9-12)15(19)18-14-5-3-2-4-13(14)17/h2-10H,1H3,(H,18,19)/t10-/m0/s1. The Balaban J connectivity index is 1.99. The van der Waals surface area contributed by atoms with Gasteiger partial charge in [0.1, 0.15) is 5.75 Å². The molecule has 0 radical (unpaired) electrons. The molecule has 2 rings (SSSR count). The molecule has 1 atom stereocenters. The summed E-state index contributed by atoms with van der Waals surface area (Å²) in [5, 5.41) is 3.82. The number of hydrogen-bond donors (Lipinski definition) is 1. The van der Waals surface area contributed by atoms with Crippen LogP contribution in [0.5, 0.6) is 5.75 Å². The van der Waals surface area contributed by atoms with Crippen molar-refractivity contribution in [3.05, 3.63) is 58.6 Å². The second kappa shape index (κ2) is 6.64. The first kappa shape index (κ1) is 14.7. The fraction of sp³-hybridized carbons (Fsp3) is 0.133. The fourth-order valence-electron chi connectivity index (χ4n) is 1.57. The van der Waals surface area contributed by atoms with Crippen molar-refractivity contribution in [3.8, 4) is 5.75 Å². The lowest BCUT2D eigenvalue weighted by molar-refractivity contribution is -0.122. The predicted molar refractivity (Wildman–Crippen MR) is 81.6 cm³/mol. The molecule has 5 heteroatoms. The smallest absolute Gasteiger partial charge is 0.265 e. The molecule has 0 spiro atoms. The lowest BCUT2D eigenvalue weighted by Gasteiger charge is -2.15. The van der Waals surface area contributed by atoms with E-state index in [-0.39, 0.29) is 5.91 Å². The van der Waals surface area contributed by atoms with Crippen LogP contribution in [0.4, 0.5) is 5.69 Å². The van der Waals surface area contributed by atoms with Crippen LogP contribution in [-0.2, 0) is 4.79 Å². The Hall–Kier alpha value is -1.71. The summed E-state index contributed by atoms with van der Waals surface area (Å²) >= 11 is 11.8. The van der Waals surface area contributed by atoms with Crippen LogP contribution in [0.3, 0.4) is 0 Å². The molecular weight excluding hydrogens is 297 g/mol. The van der Waals surface area contributed by atoms with Crippen molar-refractivity contribution in [2.45, 2.75) is 13.0 Å². The van der Waals surface area contributed by atoms with Crippen LogP contribution in [0.25, 0.3) is 0 Å². The van der Waals surface area contributed by atoms with E-state index in [4.69, 9.17) is 27.9 Å². The van der Waals surface area contributed by atoms with Gasteiger partial charge in [-0.1, -0.05) is 35.3 Å². The third-order valence-corrected chi connectivity index (χ3v) is 3.21. The minimum Gasteiger partial charge on any atom is -0.481 e. The van der Waals surface area contributed by atoms with Gasteiger partial charge in [-0.15, -0.1) is 0 Å². The number of amides is 1. The van der Waals surface area contributed by atoms with Gasteiger partial charge in [0.25, 0.3) is 5.91 Å². The molecule has 0 saturated carbocycles. The van der Waals surface area contributed by atoms with Crippen LogP contribution >= 0.6 is 23.2 Å². The minimum absolute atomic E-state index is 0.270. The van der Waals surface area contributed by atoms with Crippen LogP contribution in [-0.4, -0.2) is 12.0 Å². The SMILES string of the molecule is C[C@H](Oc1ccc(Cl)cc1)C(=O)Nc1ccccc1Cl. The number of halogens is 2. The highest BCUT2D eigenvalue weighted by molar-refractivity contribution is 6.33. The first-order valence-electron chi connectivity index (χ1n) is 6.04. The van der Waals surface area contributed by atoms with Gasteiger partial charge in [-0.05, 0) is 43.3 Å². The largest absolute Gasteiger partial charge is 0.481 e. The third-order valence-electron chi connectivity index (χ3n) is 2.63. The Bertz CT molecular complexity index is 599. The van der Waals surface area contributed by atoms with E-state index >= 15 is 0 Å². The minimum atomic E-state index is -0.646. The van der Waals surface area contributed by atoms with Gasteiger partial charge in [0.15, 0.2) is 6.10 Å². The molecule has 20 heavy (non-hydrogen) atoms. The molecular formula is C15H13Cl2NO2. The molecule has 0 heterocycles. The van der Waals surface area contributed by atoms with Crippen LogP contribution in [0.15, 0.2) is 48.5 Å². The number of anilines is 1. The van der Waals surface area contributed by atoms with Gasteiger partial charge in [-0.3, -0.25) is 4.79 Å². The first-order valence-corrected chi connectivity index (χ1v) is 6.79. The van der Waals surface area contributed by atoms with Crippen LogP contribution in [0, 0.1) is 0 Å². The predicted octanol–water partition coefficient (Wildman–Crippen LogP) is 4.40. The van der Waals surface area contributed by atoms with E-state index in [9.17, 15) is 4.79 Å². The summed E-state index contributed by atoms with van der Waals surface area (Å²) in [4.78, 5) is 12.0. The number of carbonyl (C=O) groups is 1. The maximum atomic E-state index is 12.0. The molecule has 1 amide bonds. The van der Waals surface area contributed by atoms with Crippen LogP contribution in [0.1, 0.15) is 6.92 Å². The van der Waals surface area contributed by atoms with Gasteiger partial charge >= 0.3 is 0 Å². The van der Waals surface area contributed by atoms with E-state index in [1.807, 2.05) is 0 Å². The van der Waals surface area contributed by atoms with Crippen molar-refractivity contribution < 1.29 is 9.53 Å². The van der Waals surface area contributed by atoms with Crippen molar-refractivity contribution in [1.29, 1.82) is 0 Å². The molecule has 0 aliphatic heterocycles. The lowest BCUT2D eigenvalue weighted by atomic mass is 10.3. The number of rotatable bonds is 4. The van der Waals surface area contributed by atoms with Gasteiger partial charge in [0, 0.05) is 5.02 Å². The van der Waals surface area contributed by atoms with E-state index in [2.05, 4.69) is 5.32 Å². The van der Waals surface area contributed by atoms with E-state index in [0.717, 1.165) is 0 Å². The highest BCUT2D eigenvalue weighted by Gasteiger charge is 2.15. The van der Waals surface area contributed by atoms with Crippen molar-refractivity contribution in [2.75, 3.05) is 5.32 Å². The topological polar surface area (TPSA) is 38.3 Å². The summed E-state index contributed by atoms with van der Waals surface area (Å²) in [6, 6.07) is 13.9. The molecule has 0 bridgehead atoms. The van der Waals surface area contributed by atoms with Crippen LogP contribution < -0.4 is 10.1 Å². The van der Waals surface area contributed by atoms with Crippen LogP contribution in [0.2, 0.25) is 10.0 Å². The Morgan fingerprint density at radius 2 is 1.75 bits per heavy atom. The summed E-state index contributed by atoms with van der Waals surface area (Å²) in [5.74, 6) is 0.309. The Labute approximate surface area is 127 Å². The number of para-hydroxylation sites is 1. The molecule has 0 aromatic heterocycles. The molecule has 2 aromatic carbocycles. The summed E-state index contributed by atoms with van der Waals surface area (Å²) < 4.78 is 5.53. The zero-order chi connectivity index (χ0) is 14.5. The monoisotopic (exact) mass is 309 g/mol. The Morgan fingerprint density at radius 1 is 1.10 bits per heavy atom. The molecule has 0 unspecified atom stereocenters. The molecule has 2 aromatic rings. The molecule has 3 nitrogen and oxygen atoms in total. The summed E-state index contributed by atoms with van der Waals surface area (Å²) in [7, 11) is 0. The molecule has 104 valence electrons. The zero-order valence-corrected chi connectivity index (χ0v) is 12.3. The van der Waals surface area contributed by atoms with Gasteiger partial charge in [-0.25, -0.2) is 0 Å². The highest BCUT2D eigenvalue weighted by Crippen LogP contribution is 2.21. The first-order chi connectivity index (χ1) is 9.56. The van der Waals surface area contributed by atoms with Crippen molar-refractivity contribution in [1.82, 2.24) is 0 Å². The number of hydrogen-bond acceptors (Lipinski definition) is 2. The van der Waals surface area contributed by atoms with Gasteiger partial charge in [-0.2, -0.15) is 0 Å². The molecule has 0 aliphatic rings. The third kappa shape index (κ3) is 3.89. The normalized spacial score (nSPS) is 11.8. The molecule has 0 fully saturated rings. The van der Waals surface area contributed by atoms with Gasteiger partial charge < -0.3 is 10.1 Å². The van der Waals surface area contributed by atoms with E-state index in [0.29, 0.717) is 21.5 Å². The second-order valence-electron chi connectivity index (χ2n) is 4.18. The van der Waals surface area contributed by atoms with E-state index in [1.54, 1.807) is 55.5 Å². The van der Waals surface area contributed by atoms with Crippen molar-refractivity contribution in [2.24, 2.45) is 0 Å². The fourth-order valence-corrected chi connectivity index (χ4v) is 1.88. The average molecular weight is 310 g/mol. The lowest BCUT2D eigenvalue weighted by Crippen LogP contribution is -2.30. The van der Waals surface area contributed by atoms with E-state index < -0.39 is 6.10 Å². The number of ether oxygens (including phenoxy) is 1. The number of carbonyl (C=O) groups excluding carboxylic acids is 1. The quantitative estimate of drug-likeness (QED) is 0.909.